The molecule has 0 unspecified atom stereocenters. The minimum absolute atomic E-state index is 0.0248. The van der Waals surface area contributed by atoms with Gasteiger partial charge in [0.25, 0.3) is 0 Å². The number of benzene rings is 2. The van der Waals surface area contributed by atoms with E-state index in [2.05, 4.69) is 0 Å². The summed E-state index contributed by atoms with van der Waals surface area (Å²) in [7, 11) is 0. The van der Waals surface area contributed by atoms with Crippen LogP contribution in [0.5, 0.6) is 5.75 Å². The van der Waals surface area contributed by atoms with Gasteiger partial charge >= 0.3 is 0 Å². The zero-order chi connectivity index (χ0) is 18.5. The van der Waals surface area contributed by atoms with E-state index in [9.17, 15) is 13.9 Å². The largest absolute Gasteiger partial charge is 0.490 e. The summed E-state index contributed by atoms with van der Waals surface area (Å²) in [4.78, 5) is 0. The summed E-state index contributed by atoms with van der Waals surface area (Å²) < 4.78 is 34.9. The molecule has 0 amide bonds. The molecule has 1 fully saturated rings. The minimum atomic E-state index is -0.821. The van der Waals surface area contributed by atoms with Crippen molar-refractivity contribution in [2.45, 2.75) is 43.6 Å². The van der Waals surface area contributed by atoms with Gasteiger partial charge in [0.1, 0.15) is 5.82 Å². The molecule has 1 aliphatic heterocycles. The van der Waals surface area contributed by atoms with Gasteiger partial charge < -0.3 is 9.84 Å². The van der Waals surface area contributed by atoms with Gasteiger partial charge in [-0.15, -0.1) is 0 Å². The van der Waals surface area contributed by atoms with Crippen LogP contribution in [-0.2, 0) is 11.8 Å². The van der Waals surface area contributed by atoms with Gasteiger partial charge in [0, 0.05) is 21.9 Å². The van der Waals surface area contributed by atoms with Gasteiger partial charge in [0.2, 0.25) is 0 Å². The molecule has 2 aliphatic rings. The monoisotopic (exact) mass is 378 g/mol. The molecule has 0 radical (unpaired) electrons. The molecule has 0 saturated heterocycles. The van der Waals surface area contributed by atoms with E-state index < -0.39 is 22.7 Å². The van der Waals surface area contributed by atoms with Crippen molar-refractivity contribution in [1.29, 1.82) is 0 Å². The smallest absolute Gasteiger partial charge is 0.165 e. The predicted octanol–water partition coefficient (Wildman–Crippen LogP) is 5.04. The SMILES string of the molecule is C[C@]1(O)CC[C@@]2(Cc3ccc(Cl)cc3)c3c(F)ccc(F)c3OC[C@H]2C1. The molecule has 1 aliphatic carbocycles. The lowest BCUT2D eigenvalue weighted by Crippen LogP contribution is -2.52. The Morgan fingerprint density at radius 1 is 1.12 bits per heavy atom. The van der Waals surface area contributed by atoms with Crippen molar-refractivity contribution in [3.63, 3.8) is 0 Å². The first kappa shape index (κ1) is 17.7. The van der Waals surface area contributed by atoms with Gasteiger partial charge in [-0.05, 0) is 62.4 Å². The highest BCUT2D eigenvalue weighted by molar-refractivity contribution is 6.30. The molecule has 5 heteroatoms. The second kappa shape index (κ2) is 6.21. The molecule has 4 rings (SSSR count). The molecule has 2 aromatic rings. The van der Waals surface area contributed by atoms with E-state index in [0.717, 1.165) is 11.6 Å². The fourth-order valence-corrected chi connectivity index (χ4v) is 4.81. The van der Waals surface area contributed by atoms with E-state index in [1.807, 2.05) is 24.3 Å². The van der Waals surface area contributed by atoms with Crippen LogP contribution in [0.3, 0.4) is 0 Å². The van der Waals surface area contributed by atoms with Crippen molar-refractivity contribution >= 4 is 11.6 Å². The van der Waals surface area contributed by atoms with Crippen LogP contribution in [0.4, 0.5) is 8.78 Å². The van der Waals surface area contributed by atoms with Crippen LogP contribution < -0.4 is 4.74 Å². The van der Waals surface area contributed by atoms with Crippen molar-refractivity contribution in [1.82, 2.24) is 0 Å². The third-order valence-electron chi connectivity index (χ3n) is 6.00. The van der Waals surface area contributed by atoms with Crippen molar-refractivity contribution in [2.24, 2.45) is 5.92 Å². The summed E-state index contributed by atoms with van der Waals surface area (Å²) in [6.45, 7) is 2.08. The molecule has 3 atom stereocenters. The van der Waals surface area contributed by atoms with Gasteiger partial charge in [-0.3, -0.25) is 0 Å². The quantitative estimate of drug-likeness (QED) is 0.793. The second-order valence-electron chi connectivity index (χ2n) is 7.90. The molecule has 2 nitrogen and oxygen atoms in total. The number of hydrogen-bond acceptors (Lipinski definition) is 2. The fraction of sp³-hybridized carbons (Fsp3) is 0.429. The fourth-order valence-electron chi connectivity index (χ4n) is 4.68. The normalized spacial score (nSPS) is 30.3. The first-order valence-electron chi connectivity index (χ1n) is 8.89. The summed E-state index contributed by atoms with van der Waals surface area (Å²) in [6, 6.07) is 9.76. The maximum absolute atomic E-state index is 14.9. The Kier molecular flexibility index (Phi) is 4.24. The molecular formula is C21H21ClF2O2. The van der Waals surface area contributed by atoms with Gasteiger partial charge in [-0.25, -0.2) is 8.78 Å². The third kappa shape index (κ3) is 2.89. The first-order chi connectivity index (χ1) is 12.3. The molecule has 0 bridgehead atoms. The number of aliphatic hydroxyl groups is 1. The average Bonchev–Trinajstić information content (AvgIpc) is 2.60. The molecule has 0 spiro atoms. The second-order valence-corrected chi connectivity index (χ2v) is 8.34. The molecule has 0 aromatic heterocycles. The lowest BCUT2D eigenvalue weighted by atomic mass is 9.56. The Bertz CT molecular complexity index is 835. The van der Waals surface area contributed by atoms with E-state index in [0.29, 0.717) is 36.3 Å². The highest BCUT2D eigenvalue weighted by Gasteiger charge is 2.53. The van der Waals surface area contributed by atoms with Crippen LogP contribution in [-0.4, -0.2) is 17.3 Å². The number of hydrogen-bond donors (Lipinski definition) is 1. The first-order valence-corrected chi connectivity index (χ1v) is 9.27. The highest BCUT2D eigenvalue weighted by Crippen LogP contribution is 2.55. The van der Waals surface area contributed by atoms with E-state index in [1.165, 1.54) is 6.07 Å². The highest BCUT2D eigenvalue weighted by atomic mass is 35.5. The lowest BCUT2D eigenvalue weighted by molar-refractivity contribution is -0.0528. The molecular weight excluding hydrogens is 358 g/mol. The number of rotatable bonds is 2. The van der Waals surface area contributed by atoms with Crippen LogP contribution in [0.1, 0.15) is 37.3 Å². The summed E-state index contributed by atoms with van der Waals surface area (Å²) in [5, 5.41) is 11.2. The lowest BCUT2D eigenvalue weighted by Gasteiger charge is -2.52. The van der Waals surface area contributed by atoms with Crippen LogP contribution in [0.2, 0.25) is 5.02 Å². The zero-order valence-electron chi connectivity index (χ0n) is 14.6. The Labute approximate surface area is 156 Å². The minimum Gasteiger partial charge on any atom is -0.490 e. The third-order valence-corrected chi connectivity index (χ3v) is 6.25. The number of ether oxygens (including phenoxy) is 1. The van der Waals surface area contributed by atoms with Gasteiger partial charge in [0.05, 0.1) is 12.2 Å². The topological polar surface area (TPSA) is 29.5 Å². The van der Waals surface area contributed by atoms with Crippen LogP contribution >= 0.6 is 11.6 Å². The van der Waals surface area contributed by atoms with E-state index in [1.54, 1.807) is 6.92 Å². The van der Waals surface area contributed by atoms with Crippen molar-refractivity contribution in [3.05, 3.63) is 64.2 Å². The van der Waals surface area contributed by atoms with Crippen LogP contribution in [0.25, 0.3) is 0 Å². The van der Waals surface area contributed by atoms with Crippen molar-refractivity contribution in [3.8, 4) is 5.75 Å². The maximum atomic E-state index is 14.9. The van der Waals surface area contributed by atoms with Crippen LogP contribution in [0.15, 0.2) is 36.4 Å². The van der Waals surface area contributed by atoms with Gasteiger partial charge in [-0.2, -0.15) is 0 Å². The summed E-state index contributed by atoms with van der Waals surface area (Å²) in [5.74, 6) is -1.04. The Morgan fingerprint density at radius 3 is 2.54 bits per heavy atom. The molecule has 138 valence electrons. The number of halogens is 3. The average molecular weight is 379 g/mol. The number of fused-ring (bicyclic) bond motifs is 3. The molecule has 1 N–H and O–H groups in total. The molecule has 1 saturated carbocycles. The Hall–Kier alpha value is -1.65. The van der Waals surface area contributed by atoms with Crippen molar-refractivity contribution < 1.29 is 18.6 Å². The van der Waals surface area contributed by atoms with Gasteiger partial charge in [-0.1, -0.05) is 23.7 Å². The molecule has 26 heavy (non-hydrogen) atoms. The predicted molar refractivity (Wildman–Crippen MR) is 96.7 cm³/mol. The molecule has 1 heterocycles. The van der Waals surface area contributed by atoms with E-state index in [-0.39, 0.29) is 18.3 Å². The van der Waals surface area contributed by atoms with Crippen molar-refractivity contribution in [2.75, 3.05) is 6.61 Å². The van der Waals surface area contributed by atoms with E-state index in [4.69, 9.17) is 16.3 Å². The maximum Gasteiger partial charge on any atom is 0.165 e. The summed E-state index contributed by atoms with van der Waals surface area (Å²) in [5.41, 5.74) is -0.0917. The Balaban J connectivity index is 1.86. The van der Waals surface area contributed by atoms with Gasteiger partial charge in [0.15, 0.2) is 11.6 Å². The van der Waals surface area contributed by atoms with Crippen LogP contribution in [0, 0.1) is 17.6 Å². The molecule has 2 aromatic carbocycles. The Morgan fingerprint density at radius 2 is 1.81 bits per heavy atom. The zero-order valence-corrected chi connectivity index (χ0v) is 15.3. The summed E-state index contributed by atoms with van der Waals surface area (Å²) in [6.07, 6.45) is 2.16. The summed E-state index contributed by atoms with van der Waals surface area (Å²) >= 11 is 5.99. The standard InChI is InChI=1S/C21H21ClF2O2/c1-20(25)8-9-21(10-13-2-4-15(22)5-3-13)14(11-20)12-26-19-17(24)7-6-16(23)18(19)21/h2-7,14,25H,8-12H2,1H3/t14-,20+,21+/m1/s1. The van der Waals surface area contributed by atoms with E-state index >= 15 is 0 Å².